The number of rotatable bonds is 4. The van der Waals surface area contributed by atoms with Crippen molar-refractivity contribution in [2.24, 2.45) is 17.8 Å². The van der Waals surface area contributed by atoms with Crippen LogP contribution in [0, 0.1) is 0 Å². The zero-order chi connectivity index (χ0) is 17.0. The molecule has 0 bridgehead atoms. The molecule has 0 spiro atoms. The second-order valence-electron chi connectivity index (χ2n) is 6.41. The van der Waals surface area contributed by atoms with Crippen molar-refractivity contribution in [2.45, 2.75) is 25.9 Å². The lowest BCUT2D eigenvalue weighted by Crippen LogP contribution is -2.61. The minimum absolute atomic E-state index is 0. The number of aryl methyl sites for hydroxylation is 1. The highest BCUT2D eigenvalue weighted by molar-refractivity contribution is 14.0. The van der Waals surface area contributed by atoms with Crippen molar-refractivity contribution in [2.75, 3.05) is 33.2 Å². The van der Waals surface area contributed by atoms with Crippen LogP contribution in [0.4, 0.5) is 0 Å². The van der Waals surface area contributed by atoms with E-state index in [-0.39, 0.29) is 29.9 Å². The molecule has 7 nitrogen and oxygen atoms in total. The van der Waals surface area contributed by atoms with Crippen LogP contribution in [0.3, 0.4) is 0 Å². The van der Waals surface area contributed by atoms with E-state index >= 15 is 0 Å². The van der Waals surface area contributed by atoms with Gasteiger partial charge in [-0.15, -0.1) is 24.0 Å². The molecule has 2 heterocycles. The van der Waals surface area contributed by atoms with Crippen LogP contribution in [0.5, 0.6) is 0 Å². The predicted octanol–water partition coefficient (Wildman–Crippen LogP) is 0.600. The van der Waals surface area contributed by atoms with Crippen LogP contribution in [0.1, 0.15) is 19.5 Å². The predicted molar refractivity (Wildman–Crippen MR) is 107 cm³/mol. The zero-order valence-electron chi connectivity index (χ0n) is 15.0. The van der Waals surface area contributed by atoms with Gasteiger partial charge >= 0.3 is 0 Å². The fourth-order valence-corrected chi connectivity index (χ4v) is 2.82. The molecule has 136 valence electrons. The Morgan fingerprint density at radius 3 is 2.42 bits per heavy atom. The number of piperazine rings is 1. The Bertz CT molecular complexity index is 575. The van der Waals surface area contributed by atoms with E-state index < -0.39 is 5.54 Å². The van der Waals surface area contributed by atoms with Gasteiger partial charge in [-0.05, 0) is 26.0 Å². The fourth-order valence-electron chi connectivity index (χ4n) is 2.82. The largest absolute Gasteiger partial charge is 0.368 e. The van der Waals surface area contributed by atoms with E-state index in [1.54, 1.807) is 7.05 Å². The maximum atomic E-state index is 11.6. The van der Waals surface area contributed by atoms with E-state index in [1.807, 2.05) is 33.2 Å². The number of aromatic nitrogens is 1. The van der Waals surface area contributed by atoms with Gasteiger partial charge < -0.3 is 20.5 Å². The van der Waals surface area contributed by atoms with Crippen LogP contribution >= 0.6 is 24.0 Å². The Labute approximate surface area is 161 Å². The van der Waals surface area contributed by atoms with Gasteiger partial charge in [0.2, 0.25) is 5.91 Å². The van der Waals surface area contributed by atoms with E-state index in [2.05, 4.69) is 30.7 Å². The molecule has 3 N–H and O–H groups in total. The molecule has 1 aliphatic rings. The van der Waals surface area contributed by atoms with Gasteiger partial charge in [0.25, 0.3) is 0 Å². The number of carbonyl (C=O) groups excluding carboxylic acids is 1. The summed E-state index contributed by atoms with van der Waals surface area (Å²) in [7, 11) is 3.83. The molecule has 8 heteroatoms. The van der Waals surface area contributed by atoms with Crippen LogP contribution < -0.4 is 11.1 Å². The lowest BCUT2D eigenvalue weighted by Gasteiger charge is -2.43. The van der Waals surface area contributed by atoms with Crippen molar-refractivity contribution in [3.05, 3.63) is 24.0 Å². The van der Waals surface area contributed by atoms with Crippen LogP contribution in [0.25, 0.3) is 0 Å². The molecule has 0 radical (unpaired) electrons. The summed E-state index contributed by atoms with van der Waals surface area (Å²) in [6.45, 7) is 7.73. The monoisotopic (exact) mass is 448 g/mol. The highest BCUT2D eigenvalue weighted by Gasteiger charge is 2.35. The highest BCUT2D eigenvalue weighted by atomic mass is 127. The number of aliphatic imine (C=N–C) groups is 1. The van der Waals surface area contributed by atoms with Gasteiger partial charge in [-0.3, -0.25) is 14.7 Å². The number of guanidine groups is 1. The number of halogens is 1. The van der Waals surface area contributed by atoms with Gasteiger partial charge in [-0.2, -0.15) is 0 Å². The second-order valence-corrected chi connectivity index (χ2v) is 6.41. The number of amides is 1. The van der Waals surface area contributed by atoms with E-state index in [9.17, 15) is 4.79 Å². The molecule has 0 unspecified atom stereocenters. The zero-order valence-corrected chi connectivity index (χ0v) is 17.3. The molecule has 1 aromatic rings. The summed E-state index contributed by atoms with van der Waals surface area (Å²) in [6.07, 6.45) is 2.03. The van der Waals surface area contributed by atoms with Crippen LogP contribution in [-0.4, -0.2) is 65.0 Å². The summed E-state index contributed by atoms with van der Waals surface area (Å²) in [6, 6.07) is 4.12. The average Bonchev–Trinajstić information content (AvgIpc) is 2.93. The van der Waals surface area contributed by atoms with Gasteiger partial charge in [-0.25, -0.2) is 0 Å². The summed E-state index contributed by atoms with van der Waals surface area (Å²) in [4.78, 5) is 20.3. The van der Waals surface area contributed by atoms with Crippen LogP contribution in [0.15, 0.2) is 23.3 Å². The Balaban J connectivity index is 0.00000288. The van der Waals surface area contributed by atoms with Crippen molar-refractivity contribution in [1.82, 2.24) is 19.7 Å². The Morgan fingerprint density at radius 2 is 1.96 bits per heavy atom. The highest BCUT2D eigenvalue weighted by Crippen LogP contribution is 2.16. The Hall–Kier alpha value is -1.29. The third-order valence-electron chi connectivity index (χ3n) is 4.66. The number of hydrogen-bond acceptors (Lipinski definition) is 3. The molecule has 1 saturated heterocycles. The fraction of sp³-hybridized carbons (Fsp3) is 0.625. The summed E-state index contributed by atoms with van der Waals surface area (Å²) < 4.78 is 2.09. The van der Waals surface area contributed by atoms with Gasteiger partial charge in [0.1, 0.15) is 0 Å². The van der Waals surface area contributed by atoms with Gasteiger partial charge in [-0.1, -0.05) is 0 Å². The van der Waals surface area contributed by atoms with Crippen molar-refractivity contribution in [3.8, 4) is 0 Å². The topological polar surface area (TPSA) is 78.9 Å². The first kappa shape index (κ1) is 20.8. The molecule has 24 heavy (non-hydrogen) atoms. The normalized spacial score (nSPS) is 16.7. The number of hydrogen-bond donors (Lipinski definition) is 2. The summed E-state index contributed by atoms with van der Waals surface area (Å²) in [5.41, 5.74) is 6.11. The molecule has 0 atom stereocenters. The van der Waals surface area contributed by atoms with Gasteiger partial charge in [0.05, 0.1) is 12.1 Å². The lowest BCUT2D eigenvalue weighted by atomic mass is 10.0. The lowest BCUT2D eigenvalue weighted by molar-refractivity contribution is -0.129. The molecule has 0 aromatic carbocycles. The minimum atomic E-state index is -0.605. The first-order valence-corrected chi connectivity index (χ1v) is 7.97. The number of nitrogens with one attached hydrogen (secondary N) is 1. The molecule has 1 aliphatic heterocycles. The number of nitrogens with zero attached hydrogens (tertiary/aromatic N) is 4. The minimum Gasteiger partial charge on any atom is -0.368 e. The maximum absolute atomic E-state index is 11.6. The standard InChI is InChI=1S/C16H28N6O.HI/c1-16(2,14(17)23)22-10-8-21(9-11-22)15(18-3)19-12-13-6-5-7-20(13)4;/h5-7H,8-12H2,1-4H3,(H2,17,23)(H,18,19);1H. The molecule has 0 saturated carbocycles. The molecular formula is C16H29IN6O. The molecule has 1 amide bonds. The molecule has 0 aliphatic carbocycles. The van der Waals surface area contributed by atoms with E-state index in [0.717, 1.165) is 38.7 Å². The molecular weight excluding hydrogens is 419 g/mol. The SMILES string of the molecule is CN=C(NCc1cccn1C)N1CCN(C(C)(C)C(N)=O)CC1.I. The van der Waals surface area contributed by atoms with Crippen LogP contribution in [-0.2, 0) is 18.4 Å². The Morgan fingerprint density at radius 1 is 1.33 bits per heavy atom. The molecule has 1 aromatic heterocycles. The van der Waals surface area contributed by atoms with Crippen molar-refractivity contribution < 1.29 is 4.79 Å². The summed E-state index contributed by atoms with van der Waals surface area (Å²) in [5.74, 6) is 0.611. The third-order valence-corrected chi connectivity index (χ3v) is 4.66. The van der Waals surface area contributed by atoms with Crippen molar-refractivity contribution >= 4 is 35.8 Å². The summed E-state index contributed by atoms with van der Waals surface area (Å²) in [5, 5.41) is 3.40. The number of primary amides is 1. The second kappa shape index (κ2) is 8.70. The first-order chi connectivity index (χ1) is 10.9. The van der Waals surface area contributed by atoms with E-state index in [4.69, 9.17) is 5.73 Å². The van der Waals surface area contributed by atoms with Gasteiger partial charge in [0.15, 0.2) is 5.96 Å². The van der Waals surface area contributed by atoms with Crippen molar-refractivity contribution in [1.29, 1.82) is 0 Å². The molecule has 2 rings (SSSR count). The average molecular weight is 448 g/mol. The van der Waals surface area contributed by atoms with Gasteiger partial charge in [0, 0.05) is 52.2 Å². The molecule has 1 fully saturated rings. The summed E-state index contributed by atoms with van der Waals surface area (Å²) >= 11 is 0. The smallest absolute Gasteiger partial charge is 0.237 e. The van der Waals surface area contributed by atoms with Crippen molar-refractivity contribution in [3.63, 3.8) is 0 Å². The first-order valence-electron chi connectivity index (χ1n) is 7.97. The quantitative estimate of drug-likeness (QED) is 0.402. The van der Waals surface area contributed by atoms with E-state index in [1.165, 1.54) is 5.69 Å². The van der Waals surface area contributed by atoms with E-state index in [0.29, 0.717) is 0 Å². The maximum Gasteiger partial charge on any atom is 0.237 e. The van der Waals surface area contributed by atoms with Crippen LogP contribution in [0.2, 0.25) is 0 Å². The number of carbonyl (C=O) groups is 1. The Kier molecular flexibility index (Phi) is 7.53. The third kappa shape index (κ3) is 4.62. The number of nitrogens with two attached hydrogens (primary N) is 1.